The van der Waals surface area contributed by atoms with Crippen molar-refractivity contribution in [3.05, 3.63) is 95.1 Å². The van der Waals surface area contributed by atoms with Crippen molar-refractivity contribution in [2.75, 3.05) is 14.2 Å². The number of H-pyrrole nitrogens is 1. The first kappa shape index (κ1) is 22.0. The summed E-state index contributed by atoms with van der Waals surface area (Å²) in [4.78, 5) is 30.6. The summed E-state index contributed by atoms with van der Waals surface area (Å²) >= 11 is 0. The molecule has 1 aromatic heterocycles. The van der Waals surface area contributed by atoms with Gasteiger partial charge in [-0.25, -0.2) is 9.37 Å². The van der Waals surface area contributed by atoms with Gasteiger partial charge in [-0.3, -0.25) is 9.59 Å². The number of likely N-dealkylation sites (tertiary alicyclic amines) is 1. The van der Waals surface area contributed by atoms with Gasteiger partial charge >= 0.3 is 0 Å². The lowest BCUT2D eigenvalue weighted by molar-refractivity contribution is -0.378. The molecule has 0 bridgehead atoms. The van der Waals surface area contributed by atoms with E-state index in [0.29, 0.717) is 17.1 Å². The number of rotatable bonds is 6. The van der Waals surface area contributed by atoms with E-state index < -0.39 is 29.3 Å². The van der Waals surface area contributed by atoms with Gasteiger partial charge in [0.25, 0.3) is 11.7 Å². The van der Waals surface area contributed by atoms with E-state index in [1.54, 1.807) is 36.7 Å². The third-order valence-electron chi connectivity index (χ3n) is 5.51. The topological polar surface area (TPSA) is 90.2 Å². The van der Waals surface area contributed by atoms with Crippen LogP contribution in [0.25, 0.3) is 5.76 Å². The lowest BCUT2D eigenvalue weighted by Crippen LogP contribution is -2.29. The number of aromatic nitrogens is 1. The number of benzene rings is 2. The molecule has 1 amide bonds. The van der Waals surface area contributed by atoms with Crippen LogP contribution >= 0.6 is 0 Å². The molecule has 3 aromatic rings. The lowest BCUT2D eigenvalue weighted by Gasteiger charge is -2.26. The van der Waals surface area contributed by atoms with Crippen LogP contribution in [0, 0.1) is 5.82 Å². The van der Waals surface area contributed by atoms with Gasteiger partial charge in [0, 0.05) is 22.8 Å². The molecular formula is C25H22FN2O5+. The first-order chi connectivity index (χ1) is 15.9. The van der Waals surface area contributed by atoms with Crippen molar-refractivity contribution in [1.82, 2.24) is 4.90 Å². The summed E-state index contributed by atoms with van der Waals surface area (Å²) in [5.74, 6) is -1.59. The zero-order valence-corrected chi connectivity index (χ0v) is 18.0. The number of halogens is 1. The Morgan fingerprint density at radius 1 is 1.09 bits per heavy atom. The highest BCUT2D eigenvalue weighted by Gasteiger charge is 2.47. The molecule has 1 saturated heterocycles. The molecule has 1 unspecified atom stereocenters. The molecule has 4 rings (SSSR count). The van der Waals surface area contributed by atoms with E-state index in [1.807, 2.05) is 6.07 Å². The maximum atomic E-state index is 13.4. The molecule has 1 aliphatic rings. The minimum absolute atomic E-state index is 0.104. The Kier molecular flexibility index (Phi) is 6.08. The third-order valence-corrected chi connectivity index (χ3v) is 5.51. The SMILES string of the molecule is COc1ccc(OC)c(C2C(=C(O)c3ccc(F)cc3)C(=O)C(=O)N2Cc2ccc[nH+]c2)c1. The number of aromatic amines is 1. The number of carbonyl (C=O) groups is 2. The van der Waals surface area contributed by atoms with Crippen LogP contribution in [0.15, 0.2) is 72.6 Å². The number of hydrogen-bond donors (Lipinski definition) is 1. The molecule has 0 aliphatic carbocycles. The van der Waals surface area contributed by atoms with Crippen molar-refractivity contribution in [2.45, 2.75) is 12.6 Å². The minimum Gasteiger partial charge on any atom is -0.507 e. The molecule has 7 nitrogen and oxygen atoms in total. The molecule has 2 aromatic carbocycles. The van der Waals surface area contributed by atoms with Crippen molar-refractivity contribution in [3.63, 3.8) is 0 Å². The van der Waals surface area contributed by atoms with E-state index in [0.717, 1.165) is 5.56 Å². The molecule has 0 saturated carbocycles. The zero-order chi connectivity index (χ0) is 23.5. The second-order valence-corrected chi connectivity index (χ2v) is 7.45. The highest BCUT2D eigenvalue weighted by Crippen LogP contribution is 2.44. The number of amides is 1. The summed E-state index contributed by atoms with van der Waals surface area (Å²) in [5, 5.41) is 11.1. The van der Waals surface area contributed by atoms with Gasteiger partial charge in [-0.2, -0.15) is 0 Å². The van der Waals surface area contributed by atoms with E-state index >= 15 is 0 Å². The third kappa shape index (κ3) is 4.15. The number of aliphatic hydroxyl groups is 1. The number of pyridine rings is 1. The van der Waals surface area contributed by atoms with Crippen LogP contribution in [-0.4, -0.2) is 35.9 Å². The molecule has 168 valence electrons. The average Bonchev–Trinajstić information content (AvgIpc) is 3.09. The second-order valence-electron chi connectivity index (χ2n) is 7.45. The lowest BCUT2D eigenvalue weighted by atomic mass is 9.94. The summed E-state index contributed by atoms with van der Waals surface area (Å²) in [7, 11) is 2.98. The highest BCUT2D eigenvalue weighted by atomic mass is 19.1. The van der Waals surface area contributed by atoms with Gasteiger partial charge in [-0.05, 0) is 48.5 Å². The Balaban J connectivity index is 1.93. The van der Waals surface area contributed by atoms with Crippen molar-refractivity contribution in [3.8, 4) is 11.5 Å². The van der Waals surface area contributed by atoms with Crippen molar-refractivity contribution in [2.24, 2.45) is 0 Å². The first-order valence-corrected chi connectivity index (χ1v) is 10.2. The van der Waals surface area contributed by atoms with Gasteiger partial charge in [0.1, 0.15) is 23.1 Å². The molecule has 2 N–H and O–H groups in total. The standard InChI is InChI=1S/C25H21FN2O5/c1-32-18-9-10-20(33-2)19(12-18)22-21(23(29)16-5-7-17(26)8-6-16)24(30)25(31)28(22)14-15-4-3-11-27-13-15/h3-13,22,29H,14H2,1-2H3/p+1. The van der Waals surface area contributed by atoms with Crippen molar-refractivity contribution in [1.29, 1.82) is 0 Å². The Labute approximate surface area is 189 Å². The largest absolute Gasteiger partial charge is 0.507 e. The predicted octanol–water partition coefficient (Wildman–Crippen LogP) is 3.28. The molecule has 1 aliphatic heterocycles. The molecule has 1 atom stereocenters. The highest BCUT2D eigenvalue weighted by molar-refractivity contribution is 6.46. The van der Waals surface area contributed by atoms with E-state index in [4.69, 9.17) is 9.47 Å². The summed E-state index contributed by atoms with van der Waals surface area (Å²) < 4.78 is 24.3. The first-order valence-electron chi connectivity index (χ1n) is 10.2. The van der Waals surface area contributed by atoms with Gasteiger partial charge < -0.3 is 19.5 Å². The smallest absolute Gasteiger partial charge is 0.295 e. The Bertz CT molecular complexity index is 1230. The number of ether oxygens (including phenoxy) is 2. The van der Waals surface area contributed by atoms with Gasteiger partial charge in [-0.1, -0.05) is 0 Å². The number of methoxy groups -OCH3 is 2. The molecule has 0 spiro atoms. The fraction of sp³-hybridized carbons (Fsp3) is 0.160. The summed E-state index contributed by atoms with van der Waals surface area (Å²) in [6.45, 7) is 0.104. The Morgan fingerprint density at radius 3 is 2.48 bits per heavy atom. The van der Waals surface area contributed by atoms with Crippen LogP contribution in [0.2, 0.25) is 0 Å². The fourth-order valence-electron chi connectivity index (χ4n) is 3.91. The van der Waals surface area contributed by atoms with Crippen LogP contribution in [0.5, 0.6) is 11.5 Å². The number of nitrogens with zero attached hydrogens (tertiary/aromatic N) is 1. The van der Waals surface area contributed by atoms with Crippen LogP contribution in [0.1, 0.15) is 22.7 Å². The van der Waals surface area contributed by atoms with Crippen LogP contribution in [0.4, 0.5) is 4.39 Å². The van der Waals surface area contributed by atoms with E-state index in [-0.39, 0.29) is 17.7 Å². The van der Waals surface area contributed by atoms with Crippen LogP contribution in [0.3, 0.4) is 0 Å². The van der Waals surface area contributed by atoms with E-state index in [1.165, 1.54) is 43.4 Å². The molecule has 8 heteroatoms. The van der Waals surface area contributed by atoms with Crippen LogP contribution in [-0.2, 0) is 16.1 Å². The second kappa shape index (κ2) is 9.12. The molecule has 1 fully saturated rings. The number of ketones is 1. The maximum Gasteiger partial charge on any atom is 0.295 e. The Morgan fingerprint density at radius 2 is 1.85 bits per heavy atom. The number of hydrogen-bond acceptors (Lipinski definition) is 5. The monoisotopic (exact) mass is 449 g/mol. The van der Waals surface area contributed by atoms with Crippen molar-refractivity contribution < 1.29 is 33.5 Å². The molecule has 33 heavy (non-hydrogen) atoms. The molecule has 2 heterocycles. The van der Waals surface area contributed by atoms with Crippen molar-refractivity contribution >= 4 is 17.4 Å². The van der Waals surface area contributed by atoms with Gasteiger partial charge in [0.15, 0.2) is 12.4 Å². The number of carbonyl (C=O) groups excluding carboxylic acids is 2. The van der Waals surface area contributed by atoms with Crippen LogP contribution < -0.4 is 14.5 Å². The van der Waals surface area contributed by atoms with E-state index in [2.05, 4.69) is 4.98 Å². The molecular weight excluding hydrogens is 427 g/mol. The normalized spacial score (nSPS) is 17.3. The van der Waals surface area contributed by atoms with Gasteiger partial charge in [0.05, 0.1) is 32.4 Å². The molecule has 0 radical (unpaired) electrons. The predicted molar refractivity (Wildman–Crippen MR) is 117 cm³/mol. The quantitative estimate of drug-likeness (QED) is 0.354. The fourth-order valence-corrected chi connectivity index (χ4v) is 3.91. The van der Waals surface area contributed by atoms with E-state index in [9.17, 15) is 19.1 Å². The average molecular weight is 449 g/mol. The minimum atomic E-state index is -0.958. The van der Waals surface area contributed by atoms with Gasteiger partial charge in [-0.15, -0.1) is 0 Å². The summed E-state index contributed by atoms with van der Waals surface area (Å²) in [6, 6.07) is 12.7. The number of nitrogens with one attached hydrogen (secondary N) is 1. The zero-order valence-electron chi connectivity index (χ0n) is 18.0. The Hall–Kier alpha value is -4.20. The maximum absolute atomic E-state index is 13.4. The number of Topliss-reactive ketones (excluding diaryl/α,β-unsaturated/α-hetero) is 1. The summed E-state index contributed by atoms with van der Waals surface area (Å²) in [5.41, 5.74) is 1.33. The summed E-state index contributed by atoms with van der Waals surface area (Å²) in [6.07, 6.45) is 3.45. The number of aliphatic hydroxyl groups excluding tert-OH is 1. The van der Waals surface area contributed by atoms with Gasteiger partial charge in [0.2, 0.25) is 0 Å².